The van der Waals surface area contributed by atoms with E-state index < -0.39 is 19.0 Å². The Kier molecular flexibility index (Phi) is 6.80. The van der Waals surface area contributed by atoms with Gasteiger partial charge in [-0.05, 0) is 37.1 Å². The van der Waals surface area contributed by atoms with Gasteiger partial charge >= 0.3 is 12.3 Å². The van der Waals surface area contributed by atoms with Crippen molar-refractivity contribution >= 4 is 0 Å². The van der Waals surface area contributed by atoms with Gasteiger partial charge in [-0.3, -0.25) is 0 Å². The molecule has 1 aliphatic heterocycles. The summed E-state index contributed by atoms with van der Waals surface area (Å²) in [5, 5.41) is 3.26. The Balaban J connectivity index is 1.71. The van der Waals surface area contributed by atoms with Crippen molar-refractivity contribution in [3.63, 3.8) is 0 Å². The third kappa shape index (κ3) is 6.08. The number of hydrogen-bond donors (Lipinski definition) is 1. The first-order valence-corrected chi connectivity index (χ1v) is 7.61. The Morgan fingerprint density at radius 3 is 2.17 bits per heavy atom. The minimum Gasteiger partial charge on any atom is -0.373 e. The lowest BCUT2D eigenvalue weighted by atomic mass is 10.1. The standard InChI is InChI=1S/C16H21F4NO2/c17-15(18)16(19,20)11-22-9-12-1-3-13(4-2-12)10-23-14-5-7-21-8-6-14/h1-4,14-15,21H,5-11H2. The van der Waals surface area contributed by atoms with Crippen LogP contribution in [-0.2, 0) is 22.7 Å². The fourth-order valence-electron chi connectivity index (χ4n) is 2.28. The first-order valence-electron chi connectivity index (χ1n) is 7.61. The highest BCUT2D eigenvalue weighted by molar-refractivity contribution is 5.21. The Bertz CT molecular complexity index is 462. The largest absolute Gasteiger partial charge is 0.373 e. The molecule has 1 fully saturated rings. The van der Waals surface area contributed by atoms with Crippen LogP contribution in [-0.4, -0.2) is 38.1 Å². The minimum absolute atomic E-state index is 0.127. The molecule has 0 aliphatic carbocycles. The molecule has 1 aliphatic rings. The highest BCUT2D eigenvalue weighted by Gasteiger charge is 2.40. The van der Waals surface area contributed by atoms with Crippen molar-refractivity contribution in [1.29, 1.82) is 0 Å². The van der Waals surface area contributed by atoms with Crippen LogP contribution in [0.1, 0.15) is 24.0 Å². The highest BCUT2D eigenvalue weighted by atomic mass is 19.3. The molecule has 130 valence electrons. The Hall–Kier alpha value is -1.18. The maximum Gasteiger partial charge on any atom is 0.330 e. The van der Waals surface area contributed by atoms with E-state index in [1.807, 2.05) is 12.1 Å². The van der Waals surface area contributed by atoms with Crippen LogP contribution in [0.2, 0.25) is 0 Å². The molecular weight excluding hydrogens is 314 g/mol. The number of benzene rings is 1. The van der Waals surface area contributed by atoms with Crippen molar-refractivity contribution in [2.24, 2.45) is 0 Å². The van der Waals surface area contributed by atoms with Crippen LogP contribution in [0.25, 0.3) is 0 Å². The number of halogens is 4. The predicted octanol–water partition coefficient (Wildman–Crippen LogP) is 3.37. The first kappa shape index (κ1) is 18.2. The number of piperidine rings is 1. The van der Waals surface area contributed by atoms with Gasteiger partial charge in [-0.2, -0.15) is 8.78 Å². The molecule has 0 unspecified atom stereocenters. The van der Waals surface area contributed by atoms with E-state index in [9.17, 15) is 17.6 Å². The van der Waals surface area contributed by atoms with Gasteiger partial charge in [0.2, 0.25) is 0 Å². The summed E-state index contributed by atoms with van der Waals surface area (Å²) in [5.74, 6) is -4.11. The number of alkyl halides is 4. The smallest absolute Gasteiger partial charge is 0.330 e. The van der Waals surface area contributed by atoms with E-state index in [-0.39, 0.29) is 12.7 Å². The molecule has 1 aromatic rings. The van der Waals surface area contributed by atoms with E-state index in [0.717, 1.165) is 31.5 Å². The molecule has 0 spiro atoms. The van der Waals surface area contributed by atoms with Gasteiger partial charge in [0.25, 0.3) is 0 Å². The van der Waals surface area contributed by atoms with Gasteiger partial charge in [0, 0.05) is 0 Å². The Morgan fingerprint density at radius 2 is 1.61 bits per heavy atom. The molecular formula is C16H21F4NO2. The van der Waals surface area contributed by atoms with Gasteiger partial charge in [0.05, 0.1) is 19.3 Å². The lowest BCUT2D eigenvalue weighted by molar-refractivity contribution is -0.168. The zero-order valence-electron chi connectivity index (χ0n) is 12.7. The van der Waals surface area contributed by atoms with E-state index in [2.05, 4.69) is 10.1 Å². The quantitative estimate of drug-likeness (QED) is 0.739. The van der Waals surface area contributed by atoms with Crippen molar-refractivity contribution < 1.29 is 27.0 Å². The van der Waals surface area contributed by atoms with Gasteiger partial charge in [-0.25, -0.2) is 8.78 Å². The number of rotatable bonds is 8. The zero-order valence-corrected chi connectivity index (χ0v) is 12.7. The van der Waals surface area contributed by atoms with Crippen LogP contribution >= 0.6 is 0 Å². The van der Waals surface area contributed by atoms with E-state index in [1.165, 1.54) is 0 Å². The molecule has 3 nitrogen and oxygen atoms in total. The fraction of sp³-hybridized carbons (Fsp3) is 0.625. The molecule has 23 heavy (non-hydrogen) atoms. The van der Waals surface area contributed by atoms with Gasteiger partial charge in [0.1, 0.15) is 6.61 Å². The maximum atomic E-state index is 12.7. The lowest BCUT2D eigenvalue weighted by Crippen LogP contribution is -2.32. The van der Waals surface area contributed by atoms with Crippen LogP contribution in [0.4, 0.5) is 17.6 Å². The highest BCUT2D eigenvalue weighted by Crippen LogP contribution is 2.23. The van der Waals surface area contributed by atoms with Crippen molar-refractivity contribution in [2.75, 3.05) is 19.7 Å². The van der Waals surface area contributed by atoms with Gasteiger partial charge in [-0.15, -0.1) is 0 Å². The normalized spacial score (nSPS) is 16.9. The number of ether oxygens (including phenoxy) is 2. The third-order valence-electron chi connectivity index (χ3n) is 3.68. The summed E-state index contributed by atoms with van der Waals surface area (Å²) in [4.78, 5) is 0. The Morgan fingerprint density at radius 1 is 1.04 bits per heavy atom. The molecule has 0 saturated carbocycles. The summed E-state index contributed by atoms with van der Waals surface area (Å²) in [6.45, 7) is 1.01. The molecule has 0 radical (unpaired) electrons. The second-order valence-electron chi connectivity index (χ2n) is 5.63. The molecule has 1 aromatic carbocycles. The van der Waals surface area contributed by atoms with Gasteiger partial charge in [-0.1, -0.05) is 24.3 Å². The van der Waals surface area contributed by atoms with E-state index in [1.54, 1.807) is 12.1 Å². The van der Waals surface area contributed by atoms with Crippen molar-refractivity contribution in [3.05, 3.63) is 35.4 Å². The van der Waals surface area contributed by atoms with Gasteiger partial charge < -0.3 is 14.8 Å². The molecule has 0 amide bonds. The van der Waals surface area contributed by atoms with Crippen LogP contribution in [0, 0.1) is 0 Å². The minimum atomic E-state index is -4.11. The van der Waals surface area contributed by atoms with Crippen molar-refractivity contribution in [1.82, 2.24) is 5.32 Å². The summed E-state index contributed by atoms with van der Waals surface area (Å²) in [6.07, 6.45) is -1.47. The maximum absolute atomic E-state index is 12.7. The molecule has 0 bridgehead atoms. The topological polar surface area (TPSA) is 30.5 Å². The molecule has 1 N–H and O–H groups in total. The van der Waals surface area contributed by atoms with Crippen LogP contribution in [0.15, 0.2) is 24.3 Å². The Labute approximate surface area is 133 Å². The second-order valence-corrected chi connectivity index (χ2v) is 5.63. The molecule has 2 rings (SSSR count). The molecule has 1 heterocycles. The lowest BCUT2D eigenvalue weighted by Gasteiger charge is -2.23. The summed E-state index contributed by atoms with van der Waals surface area (Å²) >= 11 is 0. The number of hydrogen-bond acceptors (Lipinski definition) is 3. The van der Waals surface area contributed by atoms with E-state index in [0.29, 0.717) is 12.2 Å². The molecule has 1 saturated heterocycles. The average molecular weight is 335 g/mol. The van der Waals surface area contributed by atoms with Crippen LogP contribution in [0.3, 0.4) is 0 Å². The molecule has 0 aromatic heterocycles. The van der Waals surface area contributed by atoms with E-state index in [4.69, 9.17) is 4.74 Å². The summed E-state index contributed by atoms with van der Waals surface area (Å²) in [7, 11) is 0. The van der Waals surface area contributed by atoms with Gasteiger partial charge in [0.15, 0.2) is 0 Å². The summed E-state index contributed by atoms with van der Waals surface area (Å²) < 4.78 is 59.8. The number of nitrogens with one attached hydrogen (secondary N) is 1. The second kappa shape index (κ2) is 8.61. The average Bonchev–Trinajstić information content (AvgIpc) is 2.55. The molecule has 7 heteroatoms. The predicted molar refractivity (Wildman–Crippen MR) is 77.7 cm³/mol. The van der Waals surface area contributed by atoms with Crippen LogP contribution in [0.5, 0.6) is 0 Å². The first-order chi connectivity index (χ1) is 11.0. The SMILES string of the molecule is FC(F)C(F)(F)COCc1ccc(COC2CCNCC2)cc1. The third-order valence-corrected chi connectivity index (χ3v) is 3.68. The molecule has 0 atom stereocenters. The summed E-state index contributed by atoms with van der Waals surface area (Å²) in [5.41, 5.74) is 1.63. The zero-order chi connectivity index (χ0) is 16.7. The van der Waals surface area contributed by atoms with Crippen LogP contribution < -0.4 is 5.32 Å². The summed E-state index contributed by atoms with van der Waals surface area (Å²) in [6, 6.07) is 7.10. The fourth-order valence-corrected chi connectivity index (χ4v) is 2.28. The van der Waals surface area contributed by atoms with Crippen molar-refractivity contribution in [3.8, 4) is 0 Å². The van der Waals surface area contributed by atoms with Crippen molar-refractivity contribution in [2.45, 2.75) is 44.5 Å². The van der Waals surface area contributed by atoms with E-state index >= 15 is 0 Å². The monoisotopic (exact) mass is 335 g/mol.